The first-order chi connectivity index (χ1) is 18.9. The number of ketones is 1. The summed E-state index contributed by atoms with van der Waals surface area (Å²) in [4.78, 5) is 14.5. The standard InChI is InChI=1S/C15H20BO2.C14H21N.C6H12/c1-3-13-8-10-14(11-9-13)15(17)7-5-4-6-12(2)16-18;1-13-6-8-14(9-7-13)5-4-12-15-10-2-3-11-15;1-3-5-6-4-2/h8-11,18H,2-7H2,1H3;6-9H,2-5,10-12H2,1H3;3H,1,4-6H2,2H3. The minimum Gasteiger partial charge on any atom is -0.450 e. The smallest absolute Gasteiger partial charge is 0.321 e. The molecule has 1 N–H and O–H groups in total. The fourth-order valence-electron chi connectivity index (χ4n) is 4.39. The van der Waals surface area contributed by atoms with Gasteiger partial charge in [-0.05, 0) is 95.5 Å². The number of hydrogen-bond acceptors (Lipinski definition) is 3. The lowest BCUT2D eigenvalue weighted by Crippen LogP contribution is -2.20. The number of unbranched alkanes of at least 4 members (excludes halogenated alkanes) is 3. The Morgan fingerprint density at radius 1 is 0.923 bits per heavy atom. The summed E-state index contributed by atoms with van der Waals surface area (Å²) in [5, 5.41) is 8.68. The first-order valence-electron chi connectivity index (χ1n) is 15.1. The Kier molecular flexibility index (Phi) is 19.9. The van der Waals surface area contributed by atoms with Gasteiger partial charge in [-0.15, -0.1) is 13.2 Å². The zero-order chi connectivity index (χ0) is 28.7. The average Bonchev–Trinajstić information content (AvgIpc) is 3.49. The van der Waals surface area contributed by atoms with Crippen molar-refractivity contribution in [1.82, 2.24) is 4.90 Å². The van der Waals surface area contributed by atoms with Crippen LogP contribution in [0.25, 0.3) is 0 Å². The van der Waals surface area contributed by atoms with E-state index in [2.05, 4.69) is 63.1 Å². The van der Waals surface area contributed by atoms with Gasteiger partial charge in [-0.1, -0.05) is 92.3 Å². The molecule has 3 nitrogen and oxygen atoms in total. The number of carbonyl (C=O) groups is 1. The number of hydrogen-bond donors (Lipinski definition) is 1. The molecular formula is C35H53BNO2. The third kappa shape index (κ3) is 17.0. The number of aryl methyl sites for hydroxylation is 3. The summed E-state index contributed by atoms with van der Waals surface area (Å²) in [7, 11) is 1.03. The molecule has 0 aromatic heterocycles. The molecular weight excluding hydrogens is 477 g/mol. The number of Topliss-reactive ketones (excluding diaryl/α,β-unsaturated/α-hetero) is 1. The molecule has 0 saturated carbocycles. The zero-order valence-corrected chi connectivity index (χ0v) is 25.1. The average molecular weight is 531 g/mol. The van der Waals surface area contributed by atoms with E-state index in [1.54, 1.807) is 0 Å². The molecule has 1 fully saturated rings. The first kappa shape index (κ1) is 34.6. The monoisotopic (exact) mass is 530 g/mol. The zero-order valence-electron chi connectivity index (χ0n) is 25.1. The highest BCUT2D eigenvalue weighted by Crippen LogP contribution is 2.12. The van der Waals surface area contributed by atoms with E-state index in [1.165, 1.54) is 81.3 Å². The topological polar surface area (TPSA) is 40.5 Å². The molecule has 1 aliphatic rings. The van der Waals surface area contributed by atoms with E-state index in [1.807, 2.05) is 30.3 Å². The molecule has 1 radical (unpaired) electrons. The summed E-state index contributed by atoms with van der Waals surface area (Å²) in [5.74, 6) is 0.191. The minimum atomic E-state index is 0.191. The molecule has 3 rings (SSSR count). The summed E-state index contributed by atoms with van der Waals surface area (Å²) in [5.41, 5.74) is 5.61. The van der Waals surface area contributed by atoms with Crippen molar-refractivity contribution in [3.8, 4) is 0 Å². The Bertz CT molecular complexity index is 915. The largest absolute Gasteiger partial charge is 0.450 e. The van der Waals surface area contributed by atoms with E-state index >= 15 is 0 Å². The van der Waals surface area contributed by atoms with E-state index in [0.29, 0.717) is 6.42 Å². The molecule has 0 unspecified atom stereocenters. The van der Waals surface area contributed by atoms with Crippen LogP contribution in [0.4, 0.5) is 0 Å². The maximum Gasteiger partial charge on any atom is 0.321 e. The SMILES string of the molecule is C=C([B]O)CCCCC(=O)c1ccc(CC)cc1.C=CCCCC.Cc1ccc(CCCN2CCCC2)cc1. The van der Waals surface area contributed by atoms with E-state index in [4.69, 9.17) is 5.02 Å². The Labute approximate surface area is 240 Å². The normalized spacial score (nSPS) is 12.5. The van der Waals surface area contributed by atoms with Gasteiger partial charge < -0.3 is 9.92 Å². The van der Waals surface area contributed by atoms with Crippen molar-refractivity contribution in [3.63, 3.8) is 0 Å². The van der Waals surface area contributed by atoms with Gasteiger partial charge in [0.1, 0.15) is 0 Å². The summed E-state index contributed by atoms with van der Waals surface area (Å²) >= 11 is 0. The molecule has 39 heavy (non-hydrogen) atoms. The highest BCUT2D eigenvalue weighted by molar-refractivity contribution is 6.35. The Hall–Kier alpha value is -2.43. The third-order valence-electron chi connectivity index (χ3n) is 7.04. The van der Waals surface area contributed by atoms with Crippen LogP contribution in [0.2, 0.25) is 0 Å². The second-order valence-electron chi connectivity index (χ2n) is 10.5. The molecule has 0 amide bonds. The lowest BCUT2D eigenvalue weighted by molar-refractivity contribution is 0.0979. The van der Waals surface area contributed by atoms with Crippen molar-refractivity contribution in [2.45, 2.75) is 97.8 Å². The van der Waals surface area contributed by atoms with Crippen LogP contribution in [0.15, 0.2) is 73.2 Å². The van der Waals surface area contributed by atoms with Gasteiger partial charge in [0.05, 0.1) is 0 Å². The summed E-state index contributed by atoms with van der Waals surface area (Å²) in [6.45, 7) is 17.6. The molecule has 0 aliphatic carbocycles. The highest BCUT2D eigenvalue weighted by atomic mass is 16.2. The lowest BCUT2D eigenvalue weighted by Gasteiger charge is -2.13. The number of nitrogens with zero attached hydrogens (tertiary/aromatic N) is 1. The number of likely N-dealkylation sites (tertiary alicyclic amines) is 1. The fraction of sp³-hybridized carbons (Fsp3) is 0.514. The second kappa shape index (κ2) is 22.4. The van der Waals surface area contributed by atoms with Crippen molar-refractivity contribution in [1.29, 1.82) is 0 Å². The van der Waals surface area contributed by atoms with Gasteiger partial charge in [0.25, 0.3) is 0 Å². The molecule has 2 aromatic rings. The number of carbonyl (C=O) groups excluding carboxylic acids is 1. The van der Waals surface area contributed by atoms with Gasteiger partial charge >= 0.3 is 7.48 Å². The van der Waals surface area contributed by atoms with Gasteiger partial charge in [-0.3, -0.25) is 4.79 Å². The molecule has 1 saturated heterocycles. The van der Waals surface area contributed by atoms with Crippen LogP contribution < -0.4 is 0 Å². The van der Waals surface area contributed by atoms with Crippen LogP contribution in [0.5, 0.6) is 0 Å². The van der Waals surface area contributed by atoms with E-state index < -0.39 is 0 Å². The number of allylic oxidation sites excluding steroid dienone is 2. The minimum absolute atomic E-state index is 0.191. The quantitative estimate of drug-likeness (QED) is 0.109. The van der Waals surface area contributed by atoms with E-state index in [-0.39, 0.29) is 5.78 Å². The van der Waals surface area contributed by atoms with Crippen molar-refractivity contribution in [3.05, 3.63) is 95.5 Å². The summed E-state index contributed by atoms with van der Waals surface area (Å²) in [6, 6.07) is 16.8. The van der Waals surface area contributed by atoms with Crippen LogP contribution >= 0.6 is 0 Å². The third-order valence-corrected chi connectivity index (χ3v) is 7.04. The number of benzene rings is 2. The van der Waals surface area contributed by atoms with E-state index in [0.717, 1.165) is 44.2 Å². The molecule has 0 atom stereocenters. The highest BCUT2D eigenvalue weighted by Gasteiger charge is 2.10. The van der Waals surface area contributed by atoms with Gasteiger partial charge in [0, 0.05) is 12.0 Å². The first-order valence-corrected chi connectivity index (χ1v) is 15.1. The predicted molar refractivity (Wildman–Crippen MR) is 171 cm³/mol. The number of rotatable bonds is 15. The Balaban J connectivity index is 0.000000327. The second-order valence-corrected chi connectivity index (χ2v) is 10.5. The molecule has 2 aromatic carbocycles. The molecule has 4 heteroatoms. The summed E-state index contributed by atoms with van der Waals surface area (Å²) in [6.07, 6.45) is 15.1. The van der Waals surface area contributed by atoms with Crippen molar-refractivity contribution >= 4 is 13.3 Å². The summed E-state index contributed by atoms with van der Waals surface area (Å²) < 4.78 is 0. The van der Waals surface area contributed by atoms with Crippen molar-refractivity contribution in [2.24, 2.45) is 0 Å². The Morgan fingerprint density at radius 2 is 1.54 bits per heavy atom. The van der Waals surface area contributed by atoms with Gasteiger partial charge in [0.2, 0.25) is 0 Å². The molecule has 1 aliphatic heterocycles. The molecule has 1 heterocycles. The lowest BCUT2D eigenvalue weighted by atomic mass is 9.85. The van der Waals surface area contributed by atoms with Crippen LogP contribution in [0.1, 0.15) is 105 Å². The van der Waals surface area contributed by atoms with Crippen LogP contribution in [0, 0.1) is 6.92 Å². The molecule has 0 bridgehead atoms. The maximum absolute atomic E-state index is 11.9. The van der Waals surface area contributed by atoms with Crippen LogP contribution in [0.3, 0.4) is 0 Å². The van der Waals surface area contributed by atoms with Gasteiger partial charge in [0.15, 0.2) is 5.78 Å². The molecule has 213 valence electrons. The van der Waals surface area contributed by atoms with Crippen molar-refractivity contribution < 1.29 is 9.82 Å². The Morgan fingerprint density at radius 3 is 2.08 bits per heavy atom. The van der Waals surface area contributed by atoms with Crippen molar-refractivity contribution in [2.75, 3.05) is 19.6 Å². The van der Waals surface area contributed by atoms with Crippen LogP contribution in [-0.4, -0.2) is 42.8 Å². The van der Waals surface area contributed by atoms with E-state index in [9.17, 15) is 4.79 Å². The fourth-order valence-corrected chi connectivity index (χ4v) is 4.39. The predicted octanol–water partition coefficient (Wildman–Crippen LogP) is 8.50. The van der Waals surface area contributed by atoms with Crippen LogP contribution in [-0.2, 0) is 12.8 Å². The van der Waals surface area contributed by atoms with Gasteiger partial charge in [-0.25, -0.2) is 0 Å². The van der Waals surface area contributed by atoms with Gasteiger partial charge in [-0.2, -0.15) is 0 Å². The maximum atomic E-state index is 11.9. The molecule has 0 spiro atoms.